The molecule has 2 aliphatic rings. The van der Waals surface area contributed by atoms with Gasteiger partial charge in [0.2, 0.25) is 0 Å². The van der Waals surface area contributed by atoms with Gasteiger partial charge in [-0.05, 0) is 54.9 Å². The van der Waals surface area contributed by atoms with Gasteiger partial charge in [0.25, 0.3) is 0 Å². The van der Waals surface area contributed by atoms with Crippen LogP contribution in [0.15, 0.2) is 18.2 Å². The Morgan fingerprint density at radius 2 is 2.06 bits per heavy atom. The maximum Gasteiger partial charge on any atom is 0.0692 e. The standard InChI is InChI=1S/C14H18ClNO/c15-12-4-3-10-6-13(7-11(10)5-12)16-8-14(17)9-1-2-9/h3-5,9,13-14,16-17H,1-2,6-8H2. The molecule has 0 heterocycles. The van der Waals surface area contributed by atoms with E-state index >= 15 is 0 Å². The van der Waals surface area contributed by atoms with Gasteiger partial charge in [0.05, 0.1) is 6.10 Å². The van der Waals surface area contributed by atoms with E-state index in [4.69, 9.17) is 11.6 Å². The molecule has 0 radical (unpaired) electrons. The van der Waals surface area contributed by atoms with E-state index in [2.05, 4.69) is 17.4 Å². The van der Waals surface area contributed by atoms with Crippen molar-refractivity contribution in [2.75, 3.05) is 6.54 Å². The Morgan fingerprint density at radius 3 is 2.82 bits per heavy atom. The molecule has 2 atom stereocenters. The number of fused-ring (bicyclic) bond motifs is 1. The first-order chi connectivity index (χ1) is 8.22. The highest BCUT2D eigenvalue weighted by molar-refractivity contribution is 6.30. The minimum Gasteiger partial charge on any atom is -0.392 e. The zero-order chi connectivity index (χ0) is 11.8. The summed E-state index contributed by atoms with van der Waals surface area (Å²) in [6.45, 7) is 0.733. The number of rotatable bonds is 4. The molecule has 2 nitrogen and oxygen atoms in total. The molecule has 3 rings (SSSR count). The van der Waals surface area contributed by atoms with Gasteiger partial charge in [-0.1, -0.05) is 17.7 Å². The first-order valence-electron chi connectivity index (χ1n) is 6.41. The van der Waals surface area contributed by atoms with Crippen molar-refractivity contribution in [1.82, 2.24) is 5.32 Å². The van der Waals surface area contributed by atoms with Crippen LogP contribution in [0.3, 0.4) is 0 Å². The number of benzene rings is 1. The zero-order valence-corrected chi connectivity index (χ0v) is 10.6. The largest absolute Gasteiger partial charge is 0.392 e. The van der Waals surface area contributed by atoms with Crippen molar-refractivity contribution in [2.24, 2.45) is 5.92 Å². The van der Waals surface area contributed by atoms with E-state index in [0.717, 1.165) is 24.4 Å². The smallest absolute Gasteiger partial charge is 0.0692 e. The molecule has 0 amide bonds. The number of halogens is 1. The fourth-order valence-corrected chi connectivity index (χ4v) is 2.86. The maximum absolute atomic E-state index is 9.83. The molecule has 3 heteroatoms. The van der Waals surface area contributed by atoms with Gasteiger partial charge in [-0.15, -0.1) is 0 Å². The SMILES string of the molecule is OC(CNC1Cc2ccc(Cl)cc2C1)C1CC1. The zero-order valence-electron chi connectivity index (χ0n) is 9.82. The summed E-state index contributed by atoms with van der Waals surface area (Å²) in [6.07, 6.45) is 4.34. The maximum atomic E-state index is 9.83. The van der Waals surface area contributed by atoms with Gasteiger partial charge in [0, 0.05) is 17.6 Å². The van der Waals surface area contributed by atoms with E-state index < -0.39 is 0 Å². The molecule has 0 aromatic heterocycles. The van der Waals surface area contributed by atoms with Crippen molar-refractivity contribution < 1.29 is 5.11 Å². The topological polar surface area (TPSA) is 32.3 Å². The molecule has 0 bridgehead atoms. The minimum atomic E-state index is -0.151. The molecule has 1 aromatic rings. The molecule has 1 aromatic carbocycles. The van der Waals surface area contributed by atoms with Crippen LogP contribution in [0.25, 0.3) is 0 Å². The van der Waals surface area contributed by atoms with Crippen LogP contribution < -0.4 is 5.32 Å². The van der Waals surface area contributed by atoms with E-state index in [1.54, 1.807) is 0 Å². The lowest BCUT2D eigenvalue weighted by molar-refractivity contribution is 0.145. The molecular formula is C14H18ClNO. The summed E-state index contributed by atoms with van der Waals surface area (Å²) < 4.78 is 0. The van der Waals surface area contributed by atoms with E-state index in [0.29, 0.717) is 12.0 Å². The lowest BCUT2D eigenvalue weighted by Crippen LogP contribution is -2.36. The van der Waals surface area contributed by atoms with Crippen LogP contribution >= 0.6 is 11.6 Å². The van der Waals surface area contributed by atoms with Gasteiger partial charge >= 0.3 is 0 Å². The summed E-state index contributed by atoms with van der Waals surface area (Å²) in [5, 5.41) is 14.1. The molecule has 17 heavy (non-hydrogen) atoms. The van der Waals surface area contributed by atoms with Gasteiger partial charge in [-0.2, -0.15) is 0 Å². The summed E-state index contributed by atoms with van der Waals surface area (Å²) in [4.78, 5) is 0. The lowest BCUT2D eigenvalue weighted by atomic mass is 10.1. The summed E-state index contributed by atoms with van der Waals surface area (Å²) >= 11 is 5.99. The van der Waals surface area contributed by atoms with Gasteiger partial charge in [0.15, 0.2) is 0 Å². The Balaban J connectivity index is 1.54. The molecule has 1 saturated carbocycles. The number of aliphatic hydroxyl groups excluding tert-OH is 1. The Labute approximate surface area is 107 Å². The first-order valence-corrected chi connectivity index (χ1v) is 6.79. The van der Waals surface area contributed by atoms with Crippen molar-refractivity contribution in [2.45, 2.75) is 37.8 Å². The van der Waals surface area contributed by atoms with E-state index in [9.17, 15) is 5.11 Å². The van der Waals surface area contributed by atoms with Crippen LogP contribution in [0.5, 0.6) is 0 Å². The molecule has 2 aliphatic carbocycles. The quantitative estimate of drug-likeness (QED) is 0.860. The fraction of sp³-hybridized carbons (Fsp3) is 0.571. The average molecular weight is 252 g/mol. The summed E-state index contributed by atoms with van der Waals surface area (Å²) in [6, 6.07) is 6.62. The predicted molar refractivity (Wildman–Crippen MR) is 69.4 cm³/mol. The molecule has 1 fully saturated rings. The number of hydrogen-bond donors (Lipinski definition) is 2. The second kappa shape index (κ2) is 4.60. The van der Waals surface area contributed by atoms with Crippen molar-refractivity contribution in [3.05, 3.63) is 34.3 Å². The highest BCUT2D eigenvalue weighted by Gasteiger charge is 2.30. The number of aliphatic hydroxyl groups is 1. The Morgan fingerprint density at radius 1 is 1.29 bits per heavy atom. The lowest BCUT2D eigenvalue weighted by Gasteiger charge is -2.15. The van der Waals surface area contributed by atoms with Crippen molar-refractivity contribution in [3.8, 4) is 0 Å². The molecular weight excluding hydrogens is 234 g/mol. The highest BCUT2D eigenvalue weighted by atomic mass is 35.5. The molecule has 92 valence electrons. The molecule has 2 unspecified atom stereocenters. The Hall–Kier alpha value is -0.570. The van der Waals surface area contributed by atoms with E-state index in [1.165, 1.54) is 24.0 Å². The molecule has 0 aliphatic heterocycles. The number of hydrogen-bond acceptors (Lipinski definition) is 2. The summed E-state index contributed by atoms with van der Waals surface area (Å²) in [5.74, 6) is 0.556. The van der Waals surface area contributed by atoms with Gasteiger partial charge < -0.3 is 10.4 Å². The first kappa shape index (κ1) is 11.5. The van der Waals surface area contributed by atoms with E-state index in [-0.39, 0.29) is 6.10 Å². The Bertz CT molecular complexity index is 417. The van der Waals surface area contributed by atoms with Crippen LogP contribution in [0.4, 0.5) is 0 Å². The second-order valence-corrected chi connectivity index (χ2v) is 5.77. The Kier molecular flexibility index (Phi) is 3.12. The van der Waals surface area contributed by atoms with Crippen molar-refractivity contribution in [3.63, 3.8) is 0 Å². The monoisotopic (exact) mass is 251 g/mol. The third-order valence-corrected chi connectivity index (χ3v) is 4.12. The summed E-state index contributed by atoms with van der Waals surface area (Å²) in [5.41, 5.74) is 2.75. The third kappa shape index (κ3) is 2.65. The normalized spacial score (nSPS) is 24.7. The molecule has 2 N–H and O–H groups in total. The van der Waals surface area contributed by atoms with Gasteiger partial charge in [-0.25, -0.2) is 0 Å². The third-order valence-electron chi connectivity index (χ3n) is 3.88. The van der Waals surface area contributed by atoms with E-state index in [1.807, 2.05) is 6.07 Å². The highest BCUT2D eigenvalue weighted by Crippen LogP contribution is 2.32. The fourth-order valence-electron chi connectivity index (χ4n) is 2.67. The van der Waals surface area contributed by atoms with Crippen LogP contribution in [0.2, 0.25) is 5.02 Å². The van der Waals surface area contributed by atoms with Crippen LogP contribution in [-0.4, -0.2) is 23.8 Å². The van der Waals surface area contributed by atoms with Crippen LogP contribution in [-0.2, 0) is 12.8 Å². The van der Waals surface area contributed by atoms with Crippen molar-refractivity contribution >= 4 is 11.6 Å². The molecule has 0 spiro atoms. The predicted octanol–water partition coefficient (Wildman–Crippen LogP) is 2.17. The van der Waals surface area contributed by atoms with Crippen molar-refractivity contribution in [1.29, 1.82) is 0 Å². The summed E-state index contributed by atoms with van der Waals surface area (Å²) in [7, 11) is 0. The van der Waals surface area contributed by atoms with Crippen LogP contribution in [0, 0.1) is 5.92 Å². The average Bonchev–Trinajstić information content (AvgIpc) is 3.07. The second-order valence-electron chi connectivity index (χ2n) is 5.33. The van der Waals surface area contributed by atoms with Gasteiger partial charge in [-0.3, -0.25) is 0 Å². The number of nitrogens with one attached hydrogen (secondary N) is 1. The molecule has 0 saturated heterocycles. The minimum absolute atomic E-state index is 0.151. The van der Waals surface area contributed by atoms with Gasteiger partial charge in [0.1, 0.15) is 0 Å². The van der Waals surface area contributed by atoms with Crippen LogP contribution in [0.1, 0.15) is 24.0 Å².